The molecule has 0 saturated carbocycles. The summed E-state index contributed by atoms with van der Waals surface area (Å²) in [5.74, 6) is -1.25. The summed E-state index contributed by atoms with van der Waals surface area (Å²) in [7, 11) is 0. The lowest BCUT2D eigenvalue weighted by molar-refractivity contribution is -0.274. The maximum Gasteiger partial charge on any atom is 0.573 e. The van der Waals surface area contributed by atoms with Crippen LogP contribution in [0.4, 0.5) is 19.0 Å². The number of hydrogen-bond donors (Lipinski definition) is 3. The van der Waals surface area contributed by atoms with E-state index < -0.39 is 12.3 Å². The summed E-state index contributed by atoms with van der Waals surface area (Å²) in [6.45, 7) is 0. The van der Waals surface area contributed by atoms with E-state index in [1.165, 1.54) is 12.1 Å². The van der Waals surface area contributed by atoms with Gasteiger partial charge in [0.05, 0.1) is 5.69 Å². The lowest BCUT2D eigenvalue weighted by Crippen LogP contribution is -2.17. The van der Waals surface area contributed by atoms with Crippen molar-refractivity contribution < 1.29 is 22.7 Å². The molecule has 0 unspecified atom stereocenters. The van der Waals surface area contributed by atoms with E-state index in [0.29, 0.717) is 5.56 Å². The van der Waals surface area contributed by atoms with Crippen molar-refractivity contribution in [2.24, 2.45) is 5.73 Å². The quantitative estimate of drug-likeness (QED) is 0.797. The average Bonchev–Trinajstić information content (AvgIpc) is 2.70. The molecule has 0 fully saturated rings. The third-order valence-electron chi connectivity index (χ3n) is 2.42. The molecule has 1 amide bonds. The van der Waals surface area contributed by atoms with Crippen molar-refractivity contribution in [1.82, 2.24) is 10.2 Å². The van der Waals surface area contributed by atoms with Gasteiger partial charge in [0.25, 0.3) is 5.91 Å². The van der Waals surface area contributed by atoms with Gasteiger partial charge in [-0.2, -0.15) is 5.10 Å². The van der Waals surface area contributed by atoms with Gasteiger partial charge in [0.15, 0.2) is 5.82 Å². The number of ether oxygens (including phenoxy) is 1. The molecule has 0 spiro atoms. The first-order valence-corrected chi connectivity index (χ1v) is 5.28. The molecule has 0 atom stereocenters. The Bertz CT molecular complexity index is 634. The first kappa shape index (κ1) is 13.7. The second-order valence-corrected chi connectivity index (χ2v) is 3.80. The molecule has 1 heterocycles. The monoisotopic (exact) mass is 286 g/mol. The molecule has 9 heteroatoms. The number of nitrogens with one attached hydrogen (secondary N) is 1. The minimum atomic E-state index is -4.77. The SMILES string of the molecule is NC(=O)c1c(N)n[nH]c1-c1ccc(OC(F)(F)F)cc1. The number of nitrogens with zero attached hydrogens (tertiary/aromatic N) is 1. The molecule has 1 aromatic carbocycles. The van der Waals surface area contributed by atoms with Gasteiger partial charge in [0.1, 0.15) is 11.3 Å². The maximum absolute atomic E-state index is 12.0. The van der Waals surface area contributed by atoms with Crippen LogP contribution in [0.1, 0.15) is 10.4 Å². The fourth-order valence-electron chi connectivity index (χ4n) is 1.64. The standard InChI is InChI=1S/C11H9F3N4O2/c12-11(13,14)20-6-3-1-5(2-4-6)8-7(10(16)19)9(15)18-17-8/h1-4H,(H2,16,19)(H3,15,17,18). The molecule has 6 nitrogen and oxygen atoms in total. The summed E-state index contributed by atoms with van der Waals surface area (Å²) in [5, 5.41) is 6.14. The van der Waals surface area contributed by atoms with E-state index in [1.54, 1.807) is 0 Å². The molecule has 2 rings (SSSR count). The Morgan fingerprint density at radius 3 is 2.35 bits per heavy atom. The van der Waals surface area contributed by atoms with E-state index >= 15 is 0 Å². The van der Waals surface area contributed by atoms with Crippen LogP contribution in [0.5, 0.6) is 5.75 Å². The lowest BCUT2D eigenvalue weighted by Gasteiger charge is -2.09. The largest absolute Gasteiger partial charge is 0.573 e. The van der Waals surface area contributed by atoms with Crippen LogP contribution in [-0.2, 0) is 0 Å². The molecule has 0 aliphatic carbocycles. The van der Waals surface area contributed by atoms with Gasteiger partial charge in [-0.25, -0.2) is 0 Å². The number of hydrogen-bond acceptors (Lipinski definition) is 4. The van der Waals surface area contributed by atoms with E-state index in [0.717, 1.165) is 12.1 Å². The molecule has 20 heavy (non-hydrogen) atoms. The van der Waals surface area contributed by atoms with Crippen molar-refractivity contribution >= 4 is 11.7 Å². The third-order valence-corrected chi connectivity index (χ3v) is 2.42. The number of rotatable bonds is 3. The highest BCUT2D eigenvalue weighted by Gasteiger charge is 2.31. The molecule has 1 aromatic heterocycles. The van der Waals surface area contributed by atoms with Crippen molar-refractivity contribution in [3.63, 3.8) is 0 Å². The van der Waals surface area contributed by atoms with Gasteiger partial charge in [0.2, 0.25) is 0 Å². The third kappa shape index (κ3) is 2.82. The minimum absolute atomic E-state index is 0.0190. The molecule has 0 saturated heterocycles. The number of aromatic amines is 1. The van der Waals surface area contributed by atoms with Crippen LogP contribution in [0.15, 0.2) is 24.3 Å². The van der Waals surface area contributed by atoms with Gasteiger partial charge in [-0.05, 0) is 24.3 Å². The van der Waals surface area contributed by atoms with Gasteiger partial charge in [0, 0.05) is 5.56 Å². The molecule has 0 aliphatic heterocycles. The number of nitrogen functional groups attached to an aromatic ring is 1. The number of aromatic nitrogens is 2. The predicted molar refractivity (Wildman–Crippen MR) is 63.6 cm³/mol. The van der Waals surface area contributed by atoms with Crippen molar-refractivity contribution in [3.05, 3.63) is 29.8 Å². The van der Waals surface area contributed by atoms with Gasteiger partial charge >= 0.3 is 6.36 Å². The van der Waals surface area contributed by atoms with E-state index in [1.807, 2.05) is 0 Å². The number of carbonyl (C=O) groups is 1. The summed E-state index contributed by atoms with van der Waals surface area (Å²) in [6.07, 6.45) is -4.77. The van der Waals surface area contributed by atoms with Crippen LogP contribution >= 0.6 is 0 Å². The molecular formula is C11H9F3N4O2. The number of amides is 1. The Labute approximate surface area is 110 Å². The van der Waals surface area contributed by atoms with Gasteiger partial charge in [-0.1, -0.05) is 0 Å². The zero-order valence-electron chi connectivity index (χ0n) is 9.86. The number of carbonyl (C=O) groups excluding carboxylic acids is 1. The van der Waals surface area contributed by atoms with Crippen LogP contribution in [0, 0.1) is 0 Å². The molecule has 106 valence electrons. The van der Waals surface area contributed by atoms with Gasteiger partial charge < -0.3 is 16.2 Å². The van der Waals surface area contributed by atoms with Crippen LogP contribution in [-0.4, -0.2) is 22.5 Å². The van der Waals surface area contributed by atoms with Crippen LogP contribution in [0.25, 0.3) is 11.3 Å². The van der Waals surface area contributed by atoms with Gasteiger partial charge in [-0.3, -0.25) is 9.89 Å². The lowest BCUT2D eigenvalue weighted by atomic mass is 10.1. The summed E-state index contributed by atoms with van der Waals surface area (Å²) < 4.78 is 39.8. The Morgan fingerprint density at radius 1 is 1.25 bits per heavy atom. The molecule has 0 radical (unpaired) electrons. The summed E-state index contributed by atoms with van der Waals surface area (Å²) in [4.78, 5) is 11.2. The molecule has 0 bridgehead atoms. The highest BCUT2D eigenvalue weighted by molar-refractivity contribution is 6.03. The van der Waals surface area contributed by atoms with Crippen LogP contribution in [0.3, 0.4) is 0 Å². The fourth-order valence-corrected chi connectivity index (χ4v) is 1.64. The van der Waals surface area contributed by atoms with E-state index in [9.17, 15) is 18.0 Å². The highest BCUT2D eigenvalue weighted by Crippen LogP contribution is 2.28. The smallest absolute Gasteiger partial charge is 0.406 e. The number of alkyl halides is 3. The van der Waals surface area contributed by atoms with Crippen molar-refractivity contribution in [2.75, 3.05) is 5.73 Å². The van der Waals surface area contributed by atoms with E-state index in [-0.39, 0.29) is 22.8 Å². The van der Waals surface area contributed by atoms with Gasteiger partial charge in [-0.15, -0.1) is 13.2 Å². The van der Waals surface area contributed by atoms with E-state index in [2.05, 4.69) is 14.9 Å². The summed E-state index contributed by atoms with van der Waals surface area (Å²) in [6, 6.07) is 4.84. The number of primary amides is 1. The Hall–Kier alpha value is -2.71. The van der Waals surface area contributed by atoms with Crippen LogP contribution in [0.2, 0.25) is 0 Å². The Morgan fingerprint density at radius 2 is 1.85 bits per heavy atom. The normalized spacial score (nSPS) is 11.3. The summed E-state index contributed by atoms with van der Waals surface area (Å²) in [5.41, 5.74) is 11.2. The first-order valence-electron chi connectivity index (χ1n) is 5.28. The summed E-state index contributed by atoms with van der Waals surface area (Å²) >= 11 is 0. The number of halogens is 3. The predicted octanol–water partition coefficient (Wildman–Crippen LogP) is 1.66. The van der Waals surface area contributed by atoms with Crippen molar-refractivity contribution in [1.29, 1.82) is 0 Å². The molecule has 0 aliphatic rings. The topological polar surface area (TPSA) is 107 Å². The minimum Gasteiger partial charge on any atom is -0.406 e. The number of benzene rings is 1. The molecular weight excluding hydrogens is 277 g/mol. The Kier molecular flexibility index (Phi) is 3.26. The first-order chi connectivity index (χ1) is 9.28. The fraction of sp³-hybridized carbons (Fsp3) is 0.0909. The zero-order valence-corrected chi connectivity index (χ0v) is 9.86. The number of H-pyrrole nitrogens is 1. The Balaban J connectivity index is 2.34. The molecule has 2 aromatic rings. The number of anilines is 1. The van der Waals surface area contributed by atoms with Crippen molar-refractivity contribution in [2.45, 2.75) is 6.36 Å². The second kappa shape index (κ2) is 4.76. The number of nitrogens with two attached hydrogens (primary N) is 2. The van der Waals surface area contributed by atoms with Crippen molar-refractivity contribution in [3.8, 4) is 17.0 Å². The zero-order chi connectivity index (χ0) is 14.9. The van der Waals surface area contributed by atoms with Crippen LogP contribution < -0.4 is 16.2 Å². The highest BCUT2D eigenvalue weighted by atomic mass is 19.4. The molecule has 5 N–H and O–H groups in total. The van der Waals surface area contributed by atoms with E-state index in [4.69, 9.17) is 11.5 Å². The second-order valence-electron chi connectivity index (χ2n) is 3.80. The average molecular weight is 286 g/mol. The maximum atomic E-state index is 12.0.